The van der Waals surface area contributed by atoms with Gasteiger partial charge >= 0.3 is 5.97 Å². The summed E-state index contributed by atoms with van der Waals surface area (Å²) >= 11 is 3.34. The van der Waals surface area contributed by atoms with Crippen molar-refractivity contribution in [2.75, 3.05) is 6.54 Å². The van der Waals surface area contributed by atoms with Crippen LogP contribution >= 0.6 is 23.1 Å². The number of carbonyl (C=O) groups is 2. The van der Waals surface area contributed by atoms with Crippen molar-refractivity contribution in [2.45, 2.75) is 85.3 Å². The molecule has 2 unspecified atom stereocenters. The lowest BCUT2D eigenvalue weighted by molar-refractivity contribution is -0.136. The summed E-state index contributed by atoms with van der Waals surface area (Å²) < 4.78 is 0. The van der Waals surface area contributed by atoms with Crippen LogP contribution in [0.5, 0.6) is 0 Å². The lowest BCUT2D eigenvalue weighted by Gasteiger charge is -2.41. The largest absolute Gasteiger partial charge is 0.481 e. The topological polar surface area (TPSA) is 66.4 Å². The van der Waals surface area contributed by atoms with Crippen LogP contribution in [-0.2, 0) is 4.79 Å². The third-order valence-electron chi connectivity index (χ3n) is 7.66. The van der Waals surface area contributed by atoms with E-state index in [4.69, 9.17) is 5.11 Å². The molecule has 38 heavy (non-hydrogen) atoms. The Morgan fingerprint density at radius 3 is 2.24 bits per heavy atom. The van der Waals surface area contributed by atoms with E-state index in [-0.39, 0.29) is 40.4 Å². The van der Waals surface area contributed by atoms with Crippen LogP contribution in [0.3, 0.4) is 0 Å². The van der Waals surface area contributed by atoms with Crippen molar-refractivity contribution in [1.29, 1.82) is 0 Å². The van der Waals surface area contributed by atoms with Crippen LogP contribution in [-0.4, -0.2) is 23.5 Å². The van der Waals surface area contributed by atoms with Gasteiger partial charge in [-0.15, -0.1) is 23.1 Å². The van der Waals surface area contributed by atoms with Crippen LogP contribution in [0.4, 0.5) is 0 Å². The fourth-order valence-electron chi connectivity index (χ4n) is 4.70. The fourth-order valence-corrected chi connectivity index (χ4v) is 7.45. The molecule has 0 saturated heterocycles. The highest BCUT2D eigenvalue weighted by molar-refractivity contribution is 7.99. The summed E-state index contributed by atoms with van der Waals surface area (Å²) in [4.78, 5) is 26.3. The Balaban J connectivity index is 1.82. The molecule has 0 saturated carbocycles. The van der Waals surface area contributed by atoms with E-state index in [2.05, 4.69) is 98.0 Å². The van der Waals surface area contributed by atoms with Gasteiger partial charge in [0.25, 0.3) is 5.91 Å². The second kappa shape index (κ2) is 11.4. The number of aryl methyl sites for hydroxylation is 2. The molecule has 4 nitrogen and oxygen atoms in total. The van der Waals surface area contributed by atoms with Crippen LogP contribution in [0, 0.1) is 30.1 Å². The summed E-state index contributed by atoms with van der Waals surface area (Å²) in [7, 11) is 0. The van der Waals surface area contributed by atoms with Crippen LogP contribution in [0.1, 0.15) is 97.8 Å². The molecule has 1 aromatic carbocycles. The Labute approximate surface area is 237 Å². The van der Waals surface area contributed by atoms with Gasteiger partial charge in [0.2, 0.25) is 0 Å². The minimum atomic E-state index is -0.919. The molecule has 6 heteroatoms. The highest BCUT2D eigenvalue weighted by Crippen LogP contribution is 2.50. The maximum Gasteiger partial charge on any atom is 0.305 e. The normalized spacial score (nSPS) is 18.7. The summed E-state index contributed by atoms with van der Waals surface area (Å²) in [5, 5.41) is 11.7. The predicted molar refractivity (Wildman–Crippen MR) is 162 cm³/mol. The van der Waals surface area contributed by atoms with Gasteiger partial charge in [0.15, 0.2) is 0 Å². The van der Waals surface area contributed by atoms with E-state index in [0.717, 1.165) is 11.3 Å². The van der Waals surface area contributed by atoms with Crippen LogP contribution in [0.25, 0.3) is 5.57 Å². The molecule has 3 rings (SSSR count). The molecule has 0 fully saturated rings. The second-order valence-electron chi connectivity index (χ2n) is 12.8. The smallest absolute Gasteiger partial charge is 0.305 e. The lowest BCUT2D eigenvalue weighted by Crippen LogP contribution is -2.31. The van der Waals surface area contributed by atoms with Gasteiger partial charge < -0.3 is 10.4 Å². The molecule has 206 valence electrons. The van der Waals surface area contributed by atoms with E-state index >= 15 is 0 Å². The third kappa shape index (κ3) is 7.01. The molecule has 0 bridgehead atoms. The van der Waals surface area contributed by atoms with Gasteiger partial charge in [-0.05, 0) is 83.0 Å². The highest BCUT2D eigenvalue weighted by atomic mass is 32.2. The maximum absolute atomic E-state index is 12.5. The van der Waals surface area contributed by atoms with Gasteiger partial charge in [0, 0.05) is 21.6 Å². The molecule has 0 spiro atoms. The van der Waals surface area contributed by atoms with E-state index < -0.39 is 5.97 Å². The molecule has 1 amide bonds. The zero-order valence-electron chi connectivity index (χ0n) is 24.3. The Morgan fingerprint density at radius 2 is 1.74 bits per heavy atom. The first-order valence-electron chi connectivity index (χ1n) is 13.3. The Hall–Kier alpha value is -2.31. The van der Waals surface area contributed by atoms with Crippen molar-refractivity contribution in [3.63, 3.8) is 0 Å². The number of aliphatic carboxylic acids is 1. The van der Waals surface area contributed by atoms with Crippen LogP contribution < -0.4 is 5.32 Å². The SMILES string of the molecule is Cc1cc(SC(c2ccc(C(=O)NCCC(=O)O)s2)C(C)(C)C)cc(C)c1C1=CCC(C)(C(C)(C)C)C=C1. The maximum atomic E-state index is 12.5. The van der Waals surface area contributed by atoms with Gasteiger partial charge in [-0.1, -0.05) is 66.7 Å². The molecule has 1 aromatic heterocycles. The quantitative estimate of drug-likeness (QED) is 0.320. The zero-order chi connectivity index (χ0) is 28.5. The van der Waals surface area contributed by atoms with Crippen LogP contribution in [0.15, 0.2) is 47.4 Å². The number of rotatable bonds is 8. The van der Waals surface area contributed by atoms with Gasteiger partial charge in [-0.2, -0.15) is 0 Å². The average Bonchev–Trinajstić information content (AvgIpc) is 3.26. The Kier molecular flexibility index (Phi) is 9.09. The standard InChI is InChI=1S/C32H43NO3S2/c1-20-18-23(19-21(2)27(20)22-12-15-32(9,16-13-22)31(6,7)8)37-28(30(3,4)5)24-10-11-25(38-24)29(36)33-17-14-26(34)35/h10-13,15,18-19,28H,14,16-17H2,1-9H3,(H,33,36)(H,34,35). The molecule has 2 N–H and O–H groups in total. The molecular weight excluding hydrogens is 510 g/mol. The first kappa shape index (κ1) is 30.2. The van der Waals surface area contributed by atoms with Crippen molar-refractivity contribution in [1.82, 2.24) is 5.32 Å². The molecule has 1 heterocycles. The van der Waals surface area contributed by atoms with E-state index in [0.29, 0.717) is 4.88 Å². The van der Waals surface area contributed by atoms with E-state index in [1.165, 1.54) is 38.5 Å². The van der Waals surface area contributed by atoms with Crippen molar-refractivity contribution in [3.05, 3.63) is 68.9 Å². The first-order valence-corrected chi connectivity index (χ1v) is 15.0. The number of carboxylic acid groups (broad SMARTS) is 1. The molecule has 1 aliphatic rings. The molecular formula is C32H43NO3S2. The summed E-state index contributed by atoms with van der Waals surface area (Å²) in [6.07, 6.45) is 8.06. The van der Waals surface area contributed by atoms with Crippen LogP contribution in [0.2, 0.25) is 0 Å². The summed E-state index contributed by atoms with van der Waals surface area (Å²) in [6, 6.07) is 8.48. The Morgan fingerprint density at radius 1 is 1.11 bits per heavy atom. The number of carboxylic acids is 1. The predicted octanol–water partition coefficient (Wildman–Crippen LogP) is 8.84. The van der Waals surface area contributed by atoms with E-state index in [9.17, 15) is 9.59 Å². The second-order valence-corrected chi connectivity index (χ2v) is 15.1. The number of nitrogens with one attached hydrogen (secondary N) is 1. The minimum absolute atomic E-state index is 0.0287. The highest BCUT2D eigenvalue weighted by Gasteiger charge is 2.36. The number of benzene rings is 1. The summed E-state index contributed by atoms with van der Waals surface area (Å²) in [6.45, 7) is 20.5. The number of hydrogen-bond donors (Lipinski definition) is 2. The number of amides is 1. The molecule has 2 aromatic rings. The molecule has 2 atom stereocenters. The van der Waals surface area contributed by atoms with E-state index in [1.807, 2.05) is 23.9 Å². The van der Waals surface area contributed by atoms with Gasteiger partial charge in [-0.3, -0.25) is 9.59 Å². The van der Waals surface area contributed by atoms with Gasteiger partial charge in [0.1, 0.15) is 0 Å². The van der Waals surface area contributed by atoms with Crippen molar-refractivity contribution >= 4 is 40.5 Å². The molecule has 1 aliphatic carbocycles. The van der Waals surface area contributed by atoms with Gasteiger partial charge in [-0.25, -0.2) is 0 Å². The van der Waals surface area contributed by atoms with E-state index in [1.54, 1.807) is 0 Å². The lowest BCUT2D eigenvalue weighted by atomic mass is 9.64. The number of thiophene rings is 1. The Bertz CT molecular complexity index is 1230. The summed E-state index contributed by atoms with van der Waals surface area (Å²) in [5.74, 6) is -1.13. The average molecular weight is 554 g/mol. The van der Waals surface area contributed by atoms with Crippen molar-refractivity contribution in [2.24, 2.45) is 16.2 Å². The number of thioether (sulfide) groups is 1. The monoisotopic (exact) mass is 553 g/mol. The molecule has 0 radical (unpaired) electrons. The van der Waals surface area contributed by atoms with Crippen molar-refractivity contribution < 1.29 is 14.7 Å². The number of allylic oxidation sites excluding steroid dienone is 4. The fraction of sp³-hybridized carbons (Fsp3) is 0.500. The third-order valence-corrected chi connectivity index (χ3v) is 10.7. The number of hydrogen-bond acceptors (Lipinski definition) is 4. The minimum Gasteiger partial charge on any atom is -0.481 e. The molecule has 0 aliphatic heterocycles. The first-order chi connectivity index (χ1) is 17.5. The van der Waals surface area contributed by atoms with Crippen molar-refractivity contribution in [3.8, 4) is 0 Å². The van der Waals surface area contributed by atoms with Gasteiger partial charge in [0.05, 0.1) is 11.3 Å². The number of carbonyl (C=O) groups excluding carboxylic acids is 1. The summed E-state index contributed by atoms with van der Waals surface area (Å²) in [5.41, 5.74) is 5.52. The zero-order valence-corrected chi connectivity index (χ0v) is 26.0.